The predicted molar refractivity (Wildman–Crippen MR) is 105 cm³/mol. The van der Waals surface area contributed by atoms with Gasteiger partial charge >= 0.3 is 6.03 Å². The van der Waals surface area contributed by atoms with Crippen LogP contribution in [-0.4, -0.2) is 56.2 Å². The zero-order chi connectivity index (χ0) is 21.7. The van der Waals surface area contributed by atoms with Crippen LogP contribution in [0.5, 0.6) is 0 Å². The number of halogens is 2. The molecule has 2 fully saturated rings. The minimum Gasteiger partial charge on any atom is -0.370 e. The van der Waals surface area contributed by atoms with Gasteiger partial charge in [0.1, 0.15) is 12.6 Å². The summed E-state index contributed by atoms with van der Waals surface area (Å²) in [5.74, 6) is -1.04. The van der Waals surface area contributed by atoms with E-state index in [1.807, 2.05) is 0 Å². The van der Waals surface area contributed by atoms with Gasteiger partial charge in [0.15, 0.2) is 0 Å². The van der Waals surface area contributed by atoms with Crippen LogP contribution in [0.1, 0.15) is 31.3 Å². The lowest BCUT2D eigenvalue weighted by molar-refractivity contribution is -0.125. The number of benzene rings is 1. The van der Waals surface area contributed by atoms with E-state index in [4.69, 9.17) is 10.5 Å². The lowest BCUT2D eigenvalue weighted by Crippen LogP contribution is -2.54. The zero-order valence-electron chi connectivity index (χ0n) is 16.3. The van der Waals surface area contributed by atoms with Gasteiger partial charge < -0.3 is 31.3 Å². The molecule has 164 valence electrons. The molecule has 4 amide bonds. The third kappa shape index (κ3) is 5.22. The fraction of sp³-hybridized carbons (Fsp3) is 0.526. The smallest absolute Gasteiger partial charge is 0.315 e. The summed E-state index contributed by atoms with van der Waals surface area (Å²) < 4.78 is 32.3. The van der Waals surface area contributed by atoms with Gasteiger partial charge in [0.2, 0.25) is 5.91 Å². The fourth-order valence-electron chi connectivity index (χ4n) is 3.22. The minimum atomic E-state index is -2.86. The molecule has 30 heavy (non-hydrogen) atoms. The summed E-state index contributed by atoms with van der Waals surface area (Å²) in [4.78, 5) is 37.7. The highest BCUT2D eigenvalue weighted by Gasteiger charge is 2.27. The Bertz CT molecular complexity index is 803. The molecule has 1 saturated heterocycles. The van der Waals surface area contributed by atoms with Crippen molar-refractivity contribution in [2.75, 3.05) is 36.5 Å². The number of ether oxygens (including phenoxy) is 1. The molecule has 0 aromatic heterocycles. The van der Waals surface area contributed by atoms with Gasteiger partial charge in [-0.2, -0.15) is 0 Å². The summed E-state index contributed by atoms with van der Waals surface area (Å²) in [6.45, 7) is 0.0825. The van der Waals surface area contributed by atoms with Crippen molar-refractivity contribution in [1.29, 1.82) is 0 Å². The summed E-state index contributed by atoms with van der Waals surface area (Å²) in [5.41, 5.74) is 5.39. The van der Waals surface area contributed by atoms with E-state index < -0.39 is 30.3 Å². The van der Waals surface area contributed by atoms with Crippen LogP contribution in [0.15, 0.2) is 18.2 Å². The van der Waals surface area contributed by atoms with Crippen molar-refractivity contribution in [2.45, 2.75) is 37.8 Å². The third-order valence-corrected chi connectivity index (χ3v) is 5.10. The minimum absolute atomic E-state index is 0.0738. The summed E-state index contributed by atoms with van der Waals surface area (Å²) in [5, 5.41) is 7.72. The van der Waals surface area contributed by atoms with Gasteiger partial charge in [0, 0.05) is 30.4 Å². The Morgan fingerprint density at radius 1 is 1.30 bits per heavy atom. The summed E-state index contributed by atoms with van der Waals surface area (Å²) in [7, 11) is 0. The number of amides is 4. The number of carbonyl (C=O) groups excluding carboxylic acids is 3. The largest absolute Gasteiger partial charge is 0.370 e. The molecule has 1 aromatic carbocycles. The molecule has 5 N–H and O–H groups in total. The quantitative estimate of drug-likeness (QED) is 0.521. The number of hydrogen-bond donors (Lipinski definition) is 4. The molecule has 1 aromatic rings. The Kier molecular flexibility index (Phi) is 7.16. The van der Waals surface area contributed by atoms with E-state index in [9.17, 15) is 23.2 Å². The molecule has 11 heteroatoms. The van der Waals surface area contributed by atoms with Gasteiger partial charge in [0.05, 0.1) is 12.3 Å². The molecule has 3 rings (SSSR count). The number of nitrogens with one attached hydrogen (secondary N) is 3. The second-order valence-electron chi connectivity index (χ2n) is 7.20. The van der Waals surface area contributed by atoms with E-state index in [2.05, 4.69) is 16.0 Å². The van der Waals surface area contributed by atoms with E-state index in [1.165, 1.54) is 17.0 Å². The van der Waals surface area contributed by atoms with Crippen molar-refractivity contribution in [3.05, 3.63) is 23.8 Å². The number of nitrogens with zero attached hydrogens (tertiary/aromatic N) is 1. The molecule has 1 aliphatic carbocycles. The van der Waals surface area contributed by atoms with Crippen LogP contribution in [0.2, 0.25) is 0 Å². The third-order valence-electron chi connectivity index (χ3n) is 5.10. The van der Waals surface area contributed by atoms with Crippen molar-refractivity contribution < 1.29 is 27.9 Å². The lowest BCUT2D eigenvalue weighted by atomic mass is 9.93. The fourth-order valence-corrected chi connectivity index (χ4v) is 3.22. The first-order chi connectivity index (χ1) is 14.4. The topological polar surface area (TPSA) is 126 Å². The summed E-state index contributed by atoms with van der Waals surface area (Å²) in [6.07, 6.45) is -0.0310. The summed E-state index contributed by atoms with van der Waals surface area (Å²) in [6, 6.07) is 2.46. The highest BCUT2D eigenvalue weighted by molar-refractivity contribution is 5.99. The van der Waals surface area contributed by atoms with Crippen LogP contribution in [0.3, 0.4) is 0 Å². The second-order valence-corrected chi connectivity index (χ2v) is 7.20. The van der Waals surface area contributed by atoms with Crippen molar-refractivity contribution in [3.63, 3.8) is 0 Å². The number of morpholine rings is 1. The van der Waals surface area contributed by atoms with Gasteiger partial charge in [-0.25, -0.2) is 13.6 Å². The standard InChI is InChI=1S/C19H25F2N5O4/c20-17(21)13-8-12(4-5-15(13)26-6-7-30-10-16(26)27)23-18(28)14(9-22)25-19(29)24-11-2-1-3-11/h4-5,8,11,14,17H,1-3,6-7,9-10,22H2,(H,23,28)(H2,24,25,29)/t14-/m0/s1. The molecular formula is C19H25F2N5O4. The lowest BCUT2D eigenvalue weighted by Gasteiger charge is -2.29. The van der Waals surface area contributed by atoms with Crippen LogP contribution in [0.25, 0.3) is 0 Å². The molecule has 0 unspecified atom stereocenters. The van der Waals surface area contributed by atoms with Crippen molar-refractivity contribution in [3.8, 4) is 0 Å². The molecule has 1 saturated carbocycles. The average molecular weight is 425 g/mol. The monoisotopic (exact) mass is 425 g/mol. The highest BCUT2D eigenvalue weighted by Crippen LogP contribution is 2.33. The van der Waals surface area contributed by atoms with E-state index in [0.717, 1.165) is 25.3 Å². The van der Waals surface area contributed by atoms with E-state index >= 15 is 0 Å². The van der Waals surface area contributed by atoms with Gasteiger partial charge in [-0.3, -0.25) is 9.59 Å². The maximum Gasteiger partial charge on any atom is 0.315 e. The average Bonchev–Trinajstić information content (AvgIpc) is 2.69. The Labute approximate surface area is 172 Å². The van der Waals surface area contributed by atoms with E-state index in [0.29, 0.717) is 0 Å². The maximum absolute atomic E-state index is 13.6. The number of alkyl halides is 2. The molecule has 1 heterocycles. The van der Waals surface area contributed by atoms with Gasteiger partial charge in [0.25, 0.3) is 12.3 Å². The number of anilines is 2. The number of urea groups is 1. The molecule has 2 aliphatic rings. The Morgan fingerprint density at radius 2 is 2.07 bits per heavy atom. The van der Waals surface area contributed by atoms with Crippen LogP contribution in [-0.2, 0) is 14.3 Å². The molecule has 0 bridgehead atoms. The summed E-state index contributed by atoms with van der Waals surface area (Å²) >= 11 is 0. The Balaban J connectivity index is 1.68. The Morgan fingerprint density at radius 3 is 2.67 bits per heavy atom. The number of rotatable bonds is 7. The molecular weight excluding hydrogens is 400 g/mol. The second kappa shape index (κ2) is 9.81. The SMILES string of the molecule is NC[C@H](NC(=O)NC1CCC1)C(=O)Nc1ccc(N2CCOCC2=O)c(C(F)F)c1. The number of carbonyl (C=O) groups is 3. The van der Waals surface area contributed by atoms with Gasteiger partial charge in [-0.05, 0) is 37.5 Å². The maximum atomic E-state index is 13.6. The number of nitrogens with two attached hydrogens (primary N) is 1. The van der Waals surface area contributed by atoms with E-state index in [-0.39, 0.29) is 49.3 Å². The van der Waals surface area contributed by atoms with Crippen LogP contribution in [0.4, 0.5) is 25.0 Å². The molecule has 9 nitrogen and oxygen atoms in total. The van der Waals surface area contributed by atoms with Crippen LogP contribution < -0.4 is 26.6 Å². The molecule has 0 spiro atoms. The molecule has 1 atom stereocenters. The van der Waals surface area contributed by atoms with Crippen LogP contribution in [0, 0.1) is 0 Å². The van der Waals surface area contributed by atoms with Crippen molar-refractivity contribution in [2.24, 2.45) is 5.73 Å². The van der Waals surface area contributed by atoms with Crippen molar-refractivity contribution >= 4 is 29.2 Å². The predicted octanol–water partition coefficient (Wildman–Crippen LogP) is 1.10. The van der Waals surface area contributed by atoms with Gasteiger partial charge in [-0.1, -0.05) is 0 Å². The molecule has 1 aliphatic heterocycles. The molecule has 0 radical (unpaired) electrons. The zero-order valence-corrected chi connectivity index (χ0v) is 16.3. The normalized spacial score (nSPS) is 18.0. The number of hydrogen-bond acceptors (Lipinski definition) is 5. The Hall–Kier alpha value is -2.79. The first kappa shape index (κ1) is 21.9. The highest BCUT2D eigenvalue weighted by atomic mass is 19.3. The van der Waals surface area contributed by atoms with Crippen molar-refractivity contribution in [1.82, 2.24) is 10.6 Å². The first-order valence-electron chi connectivity index (χ1n) is 9.77. The van der Waals surface area contributed by atoms with E-state index in [1.54, 1.807) is 0 Å². The van der Waals surface area contributed by atoms with Gasteiger partial charge in [-0.15, -0.1) is 0 Å². The van der Waals surface area contributed by atoms with Crippen LogP contribution >= 0.6 is 0 Å². The first-order valence-corrected chi connectivity index (χ1v) is 9.77.